The average molecular weight is 654 g/mol. The summed E-state index contributed by atoms with van der Waals surface area (Å²) in [5, 5.41) is 2.90. The number of carbonyl (C=O) groups is 1. The molecule has 1 saturated heterocycles. The van der Waals surface area contributed by atoms with Gasteiger partial charge >= 0.3 is 6.01 Å². The number of carbonyl (C=O) groups excluding carboxylic acids is 1. The minimum Gasteiger partial charge on any atom is -0.462 e. The zero-order valence-corrected chi connectivity index (χ0v) is 28.3. The molecule has 2 aromatic carbocycles. The van der Waals surface area contributed by atoms with Crippen LogP contribution in [0.3, 0.4) is 0 Å². The lowest BCUT2D eigenvalue weighted by molar-refractivity contribution is -0.128. The second kappa shape index (κ2) is 13.0. The number of hydrogen-bond acceptors (Lipinski definition) is 7. The molecule has 47 heavy (non-hydrogen) atoms. The van der Waals surface area contributed by atoms with E-state index in [0.29, 0.717) is 50.3 Å². The first-order chi connectivity index (χ1) is 22.8. The van der Waals surface area contributed by atoms with Crippen LogP contribution >= 0.6 is 11.6 Å². The summed E-state index contributed by atoms with van der Waals surface area (Å²) in [5.41, 5.74) is 3.68. The number of ether oxygens (including phenoxy) is 1. The molecule has 4 aliphatic rings. The van der Waals surface area contributed by atoms with Gasteiger partial charge in [-0.3, -0.25) is 9.69 Å². The molecule has 9 nitrogen and oxygen atoms in total. The predicted octanol–water partition coefficient (Wildman–Crippen LogP) is 6.00. The first-order valence-electron chi connectivity index (χ1n) is 17.0. The third kappa shape index (κ3) is 6.02. The second-order valence-corrected chi connectivity index (χ2v) is 14.2. The number of amides is 1. The summed E-state index contributed by atoms with van der Waals surface area (Å²) in [6.45, 7) is 17.3. The van der Waals surface area contributed by atoms with E-state index in [1.807, 2.05) is 12.1 Å². The summed E-state index contributed by atoms with van der Waals surface area (Å²) >= 11 is 6.74. The Labute approximate surface area is 283 Å². The molecule has 1 spiro atoms. The van der Waals surface area contributed by atoms with E-state index in [4.69, 9.17) is 32.9 Å². The Morgan fingerprint density at radius 3 is 2.77 bits per heavy atom. The summed E-state index contributed by atoms with van der Waals surface area (Å²) < 4.78 is 6.46. The molecule has 1 aromatic heterocycles. The minimum absolute atomic E-state index is 0.134. The molecule has 246 valence electrons. The van der Waals surface area contributed by atoms with Crippen molar-refractivity contribution in [2.75, 3.05) is 56.2 Å². The second-order valence-electron chi connectivity index (χ2n) is 13.8. The van der Waals surface area contributed by atoms with E-state index >= 15 is 0 Å². The van der Waals surface area contributed by atoms with Crippen molar-refractivity contribution in [3.05, 3.63) is 76.8 Å². The average Bonchev–Trinajstić information content (AvgIpc) is 3.75. The number of fused-ring (bicyclic) bond motifs is 2. The van der Waals surface area contributed by atoms with Gasteiger partial charge in [-0.25, -0.2) is 6.57 Å². The fourth-order valence-corrected chi connectivity index (χ4v) is 8.57. The van der Waals surface area contributed by atoms with Crippen LogP contribution in [0.1, 0.15) is 50.3 Å². The SMILES string of the molecule is [C-]#[N+]C[C@H]1CN(c2nc(OC[C@H](C)N(C)C3CCCC34CC4)nc3c2CCN(c2cccc4cccc(Cl)c24)C3)CCN1C(=O)C=C. The molecule has 0 radical (unpaired) electrons. The molecule has 1 amide bonds. The van der Waals surface area contributed by atoms with Crippen LogP contribution in [0.2, 0.25) is 5.02 Å². The third-order valence-electron chi connectivity index (χ3n) is 11.1. The van der Waals surface area contributed by atoms with Gasteiger partial charge in [0, 0.05) is 54.9 Å². The van der Waals surface area contributed by atoms with Gasteiger partial charge in [0.15, 0.2) is 0 Å². The van der Waals surface area contributed by atoms with Crippen molar-refractivity contribution in [3.63, 3.8) is 0 Å². The summed E-state index contributed by atoms with van der Waals surface area (Å²) in [4.78, 5) is 35.3. The van der Waals surface area contributed by atoms with Crippen LogP contribution in [-0.4, -0.2) is 90.2 Å². The fourth-order valence-electron chi connectivity index (χ4n) is 8.30. The number of halogens is 1. The van der Waals surface area contributed by atoms with Crippen LogP contribution in [-0.2, 0) is 17.8 Å². The van der Waals surface area contributed by atoms with Crippen molar-refractivity contribution < 1.29 is 9.53 Å². The summed E-state index contributed by atoms with van der Waals surface area (Å²) in [7, 11) is 2.25. The van der Waals surface area contributed by atoms with Gasteiger partial charge in [0.05, 0.1) is 17.3 Å². The number of rotatable bonds is 9. The van der Waals surface area contributed by atoms with Gasteiger partial charge in [-0.1, -0.05) is 48.9 Å². The van der Waals surface area contributed by atoms with Gasteiger partial charge in [0.2, 0.25) is 12.5 Å². The predicted molar refractivity (Wildman–Crippen MR) is 187 cm³/mol. The molecule has 10 heteroatoms. The normalized spacial score (nSPS) is 22.3. The van der Waals surface area contributed by atoms with Crippen molar-refractivity contribution in [2.24, 2.45) is 5.41 Å². The van der Waals surface area contributed by atoms with Gasteiger partial charge in [0.25, 0.3) is 0 Å². The topological polar surface area (TPSA) is 69.4 Å². The van der Waals surface area contributed by atoms with E-state index in [1.54, 1.807) is 4.90 Å². The van der Waals surface area contributed by atoms with Crippen LogP contribution < -0.4 is 14.5 Å². The first-order valence-corrected chi connectivity index (χ1v) is 17.4. The van der Waals surface area contributed by atoms with E-state index in [1.165, 1.54) is 38.2 Å². The van der Waals surface area contributed by atoms with E-state index < -0.39 is 0 Å². The maximum atomic E-state index is 12.6. The molecular formula is C37H44ClN7O2. The van der Waals surface area contributed by atoms with Crippen LogP contribution in [0.4, 0.5) is 11.5 Å². The smallest absolute Gasteiger partial charge is 0.318 e. The maximum absolute atomic E-state index is 12.6. The van der Waals surface area contributed by atoms with E-state index in [-0.39, 0.29) is 24.5 Å². The molecule has 7 rings (SSSR count). The largest absolute Gasteiger partial charge is 0.462 e. The third-order valence-corrected chi connectivity index (χ3v) is 11.4. The number of aromatic nitrogens is 2. The number of nitrogens with zero attached hydrogens (tertiary/aromatic N) is 7. The van der Waals surface area contributed by atoms with Gasteiger partial charge in [-0.05, 0) is 75.1 Å². The summed E-state index contributed by atoms with van der Waals surface area (Å²) in [6.07, 6.45) is 8.74. The highest BCUT2D eigenvalue weighted by atomic mass is 35.5. The Bertz CT molecular complexity index is 1710. The highest BCUT2D eigenvalue weighted by molar-refractivity contribution is 6.36. The lowest BCUT2D eigenvalue weighted by Gasteiger charge is -2.41. The number of benzene rings is 2. The first kappa shape index (κ1) is 31.7. The molecule has 3 fully saturated rings. The van der Waals surface area contributed by atoms with Gasteiger partial charge in [-0.2, -0.15) is 9.97 Å². The molecule has 0 N–H and O–H groups in total. The summed E-state index contributed by atoms with van der Waals surface area (Å²) in [6, 6.07) is 13.3. The fraction of sp³-hybridized carbons (Fsp3) is 0.514. The molecule has 3 atom stereocenters. The van der Waals surface area contributed by atoms with Crippen molar-refractivity contribution in [2.45, 2.75) is 70.1 Å². The molecular weight excluding hydrogens is 610 g/mol. The quantitative estimate of drug-likeness (QED) is 0.207. The van der Waals surface area contributed by atoms with Gasteiger partial charge < -0.3 is 24.3 Å². The molecule has 2 saturated carbocycles. The Morgan fingerprint density at radius 1 is 1.19 bits per heavy atom. The van der Waals surface area contributed by atoms with Crippen molar-refractivity contribution in [3.8, 4) is 6.01 Å². The maximum Gasteiger partial charge on any atom is 0.318 e. The lowest BCUT2D eigenvalue weighted by atomic mass is 9.98. The Hall–Kier alpha value is -3.87. The number of anilines is 2. The number of likely N-dealkylation sites (N-methyl/N-ethyl adjacent to an activating group) is 1. The zero-order valence-electron chi connectivity index (χ0n) is 27.5. The zero-order chi connectivity index (χ0) is 32.7. The van der Waals surface area contributed by atoms with E-state index in [0.717, 1.165) is 51.5 Å². The van der Waals surface area contributed by atoms with Gasteiger partial charge in [-0.15, -0.1) is 0 Å². The Kier molecular flexibility index (Phi) is 8.75. The standard InChI is InChI=1S/C37H44ClN7O2/c1-5-33(46)45-20-19-44(22-27(45)21-39-3)35-28-14-18-43(31-12-7-10-26-9-6-11-29(38)34(26)31)23-30(28)40-36(41-35)47-24-25(2)42(4)32-13-8-15-37(32)16-17-37/h5-7,9-12,25,27,32H,1,8,13-24H2,2,4H3/t25-,27-,32?/m0/s1. The lowest BCUT2D eigenvalue weighted by Crippen LogP contribution is -2.56. The summed E-state index contributed by atoms with van der Waals surface area (Å²) in [5.74, 6) is 0.722. The van der Waals surface area contributed by atoms with Crippen molar-refractivity contribution >= 4 is 39.8 Å². The molecule has 2 aliphatic heterocycles. The van der Waals surface area contributed by atoms with E-state index in [9.17, 15) is 4.79 Å². The van der Waals surface area contributed by atoms with Crippen molar-refractivity contribution in [1.29, 1.82) is 0 Å². The Morgan fingerprint density at radius 2 is 2.00 bits per heavy atom. The van der Waals surface area contributed by atoms with Crippen LogP contribution in [0.15, 0.2) is 49.1 Å². The molecule has 3 heterocycles. The van der Waals surface area contributed by atoms with Crippen molar-refractivity contribution in [1.82, 2.24) is 19.8 Å². The monoisotopic (exact) mass is 653 g/mol. The number of piperazine rings is 1. The van der Waals surface area contributed by atoms with Crippen LogP contribution in [0.5, 0.6) is 6.01 Å². The number of hydrogen-bond donors (Lipinski definition) is 0. The minimum atomic E-state index is -0.241. The highest BCUT2D eigenvalue weighted by Gasteiger charge is 2.53. The van der Waals surface area contributed by atoms with E-state index in [2.05, 4.69) is 64.4 Å². The highest BCUT2D eigenvalue weighted by Crippen LogP contribution is 2.59. The molecule has 1 unspecified atom stereocenters. The molecule has 3 aromatic rings. The molecule has 2 aliphatic carbocycles. The van der Waals surface area contributed by atoms with Crippen LogP contribution in [0.25, 0.3) is 15.6 Å². The molecule has 0 bridgehead atoms. The Balaban J connectivity index is 1.19. The van der Waals surface area contributed by atoms with Gasteiger partial charge in [0.1, 0.15) is 18.5 Å². The van der Waals surface area contributed by atoms with Crippen LogP contribution in [0, 0.1) is 12.0 Å².